The third-order valence-corrected chi connectivity index (χ3v) is 6.85. The lowest BCUT2D eigenvalue weighted by molar-refractivity contribution is 0.0278. The highest BCUT2D eigenvalue weighted by Gasteiger charge is 2.35. The van der Waals surface area contributed by atoms with Crippen LogP contribution in [-0.2, 0) is 10.2 Å². The van der Waals surface area contributed by atoms with Gasteiger partial charge in [0.2, 0.25) is 0 Å². The lowest BCUT2D eigenvalue weighted by Gasteiger charge is -2.43. The summed E-state index contributed by atoms with van der Waals surface area (Å²) in [5, 5.41) is 0. The number of hydrogen-bond acceptors (Lipinski definition) is 4. The van der Waals surface area contributed by atoms with Crippen LogP contribution in [-0.4, -0.2) is 69.4 Å². The summed E-state index contributed by atoms with van der Waals surface area (Å²) in [5.41, 5.74) is 1.65. The van der Waals surface area contributed by atoms with Gasteiger partial charge in [-0.2, -0.15) is 0 Å². The Bertz CT molecular complexity index is 583. The molecule has 150 valence electrons. The molecule has 0 aromatic heterocycles. The first-order valence-electron chi connectivity index (χ1n) is 10.8. The molecule has 0 radical (unpaired) electrons. The van der Waals surface area contributed by atoms with Gasteiger partial charge in [0.1, 0.15) is 5.75 Å². The van der Waals surface area contributed by atoms with E-state index in [0.29, 0.717) is 5.92 Å². The minimum Gasteiger partial charge on any atom is -0.493 e. The molecule has 4 rings (SSSR count). The minimum atomic E-state index is 0.218. The number of rotatable bonds is 7. The molecule has 4 heteroatoms. The predicted octanol–water partition coefficient (Wildman–Crippen LogP) is 3.55. The molecule has 0 amide bonds. The Labute approximate surface area is 164 Å². The van der Waals surface area contributed by atoms with Gasteiger partial charge >= 0.3 is 0 Å². The van der Waals surface area contributed by atoms with Crippen LogP contribution in [0.15, 0.2) is 24.3 Å². The second-order valence-electron chi connectivity index (χ2n) is 9.22. The fourth-order valence-electron chi connectivity index (χ4n) is 5.31. The molecule has 1 aromatic rings. The van der Waals surface area contributed by atoms with Crippen LogP contribution in [0.3, 0.4) is 0 Å². The first-order valence-corrected chi connectivity index (χ1v) is 10.8. The van der Waals surface area contributed by atoms with E-state index in [1.165, 1.54) is 44.3 Å². The van der Waals surface area contributed by atoms with Gasteiger partial charge in [0.25, 0.3) is 0 Å². The monoisotopic (exact) mass is 372 g/mol. The van der Waals surface area contributed by atoms with Gasteiger partial charge in [-0.1, -0.05) is 25.0 Å². The van der Waals surface area contributed by atoms with Crippen LogP contribution in [0.4, 0.5) is 0 Å². The van der Waals surface area contributed by atoms with E-state index in [0.717, 1.165) is 51.0 Å². The van der Waals surface area contributed by atoms with Crippen molar-refractivity contribution >= 4 is 0 Å². The third-order valence-electron chi connectivity index (χ3n) is 6.85. The molecule has 0 bridgehead atoms. The van der Waals surface area contributed by atoms with Crippen LogP contribution in [0.25, 0.3) is 0 Å². The molecule has 0 spiro atoms. The van der Waals surface area contributed by atoms with Crippen LogP contribution < -0.4 is 4.74 Å². The molecular formula is C23H36N2O2. The van der Waals surface area contributed by atoms with E-state index in [4.69, 9.17) is 9.47 Å². The Balaban J connectivity index is 1.29. The molecule has 27 heavy (non-hydrogen) atoms. The average Bonchev–Trinajstić information content (AvgIpc) is 3.15. The quantitative estimate of drug-likeness (QED) is 0.731. The Kier molecular flexibility index (Phi) is 6.05. The Morgan fingerprint density at radius 2 is 1.74 bits per heavy atom. The summed E-state index contributed by atoms with van der Waals surface area (Å²) in [6, 6.07) is 9.80. The van der Waals surface area contributed by atoms with Crippen LogP contribution >= 0.6 is 0 Å². The number of likely N-dealkylation sites (N-methyl/N-ethyl adjacent to an activating group) is 1. The Hall–Kier alpha value is -1.10. The third kappa shape index (κ3) is 4.49. The first kappa shape index (κ1) is 19.2. The van der Waals surface area contributed by atoms with E-state index in [2.05, 4.69) is 48.2 Å². The lowest BCUT2D eigenvalue weighted by atomic mass is 9.74. The second kappa shape index (κ2) is 8.50. The molecule has 2 heterocycles. The average molecular weight is 373 g/mol. The SMILES string of the molecule is CN(C)CC1(c2ccc(OCC3CN(C4CCCC4)C3)cc2)CCOCC1. The van der Waals surface area contributed by atoms with Gasteiger partial charge in [-0.25, -0.2) is 0 Å². The maximum Gasteiger partial charge on any atom is 0.119 e. The predicted molar refractivity (Wildman–Crippen MR) is 110 cm³/mol. The molecule has 0 atom stereocenters. The normalized spacial score (nSPS) is 24.3. The summed E-state index contributed by atoms with van der Waals surface area (Å²) < 4.78 is 11.7. The smallest absolute Gasteiger partial charge is 0.119 e. The van der Waals surface area contributed by atoms with Gasteiger partial charge in [-0.05, 0) is 57.5 Å². The summed E-state index contributed by atoms with van der Waals surface area (Å²) in [6.07, 6.45) is 7.88. The number of ether oxygens (including phenoxy) is 2. The van der Waals surface area contributed by atoms with Crippen LogP contribution in [0, 0.1) is 5.92 Å². The van der Waals surface area contributed by atoms with Crippen LogP contribution in [0.2, 0.25) is 0 Å². The fraction of sp³-hybridized carbons (Fsp3) is 0.739. The zero-order valence-electron chi connectivity index (χ0n) is 17.2. The zero-order chi connectivity index (χ0) is 18.7. The van der Waals surface area contributed by atoms with Crippen molar-refractivity contribution in [2.45, 2.75) is 50.0 Å². The van der Waals surface area contributed by atoms with Crippen molar-refractivity contribution in [1.82, 2.24) is 9.80 Å². The number of benzene rings is 1. The number of nitrogens with zero attached hydrogens (tertiary/aromatic N) is 2. The molecule has 2 saturated heterocycles. The van der Waals surface area contributed by atoms with Gasteiger partial charge in [0, 0.05) is 50.2 Å². The highest BCUT2D eigenvalue weighted by molar-refractivity contribution is 5.33. The molecule has 2 aliphatic heterocycles. The van der Waals surface area contributed by atoms with Gasteiger partial charge in [-0.3, -0.25) is 4.90 Å². The van der Waals surface area contributed by atoms with Gasteiger partial charge in [0.05, 0.1) is 6.61 Å². The van der Waals surface area contributed by atoms with E-state index >= 15 is 0 Å². The van der Waals surface area contributed by atoms with E-state index in [1.807, 2.05) is 0 Å². The van der Waals surface area contributed by atoms with E-state index in [9.17, 15) is 0 Å². The van der Waals surface area contributed by atoms with E-state index in [1.54, 1.807) is 0 Å². The second-order valence-corrected chi connectivity index (χ2v) is 9.22. The topological polar surface area (TPSA) is 24.9 Å². The molecule has 4 nitrogen and oxygen atoms in total. The molecular weight excluding hydrogens is 336 g/mol. The van der Waals surface area contributed by atoms with Crippen molar-refractivity contribution in [2.24, 2.45) is 5.92 Å². The molecule has 3 aliphatic rings. The van der Waals surface area contributed by atoms with Crippen LogP contribution in [0.5, 0.6) is 5.75 Å². The summed E-state index contributed by atoms with van der Waals surface area (Å²) in [7, 11) is 4.34. The molecule has 1 saturated carbocycles. The standard InChI is InChI=1S/C23H36N2O2/c1-24(2)18-23(11-13-26-14-12-23)20-7-9-22(10-8-20)27-17-19-15-25(16-19)21-5-3-4-6-21/h7-10,19,21H,3-6,11-18H2,1-2H3. The number of likely N-dealkylation sites (tertiary alicyclic amines) is 1. The van der Waals surface area contributed by atoms with E-state index in [-0.39, 0.29) is 5.41 Å². The Morgan fingerprint density at radius 3 is 2.37 bits per heavy atom. The maximum absolute atomic E-state index is 6.12. The molecule has 3 fully saturated rings. The van der Waals surface area contributed by atoms with Gasteiger partial charge in [0.15, 0.2) is 0 Å². The molecule has 0 N–H and O–H groups in total. The van der Waals surface area contributed by atoms with Crippen molar-refractivity contribution < 1.29 is 9.47 Å². The summed E-state index contributed by atoms with van der Waals surface area (Å²) in [6.45, 7) is 6.13. The Morgan fingerprint density at radius 1 is 1.07 bits per heavy atom. The summed E-state index contributed by atoms with van der Waals surface area (Å²) in [4.78, 5) is 4.97. The molecule has 1 aliphatic carbocycles. The summed E-state index contributed by atoms with van der Waals surface area (Å²) in [5.74, 6) is 1.73. The first-order chi connectivity index (χ1) is 13.1. The minimum absolute atomic E-state index is 0.218. The number of hydrogen-bond donors (Lipinski definition) is 0. The molecule has 0 unspecified atom stereocenters. The van der Waals surface area contributed by atoms with Crippen molar-refractivity contribution in [3.8, 4) is 5.75 Å². The van der Waals surface area contributed by atoms with E-state index < -0.39 is 0 Å². The highest BCUT2D eigenvalue weighted by Crippen LogP contribution is 2.36. The van der Waals surface area contributed by atoms with Gasteiger partial charge in [-0.15, -0.1) is 0 Å². The summed E-state index contributed by atoms with van der Waals surface area (Å²) >= 11 is 0. The van der Waals surface area contributed by atoms with Crippen LogP contribution in [0.1, 0.15) is 44.1 Å². The van der Waals surface area contributed by atoms with Gasteiger partial charge < -0.3 is 14.4 Å². The largest absolute Gasteiger partial charge is 0.493 e. The maximum atomic E-state index is 6.12. The fourth-order valence-corrected chi connectivity index (χ4v) is 5.31. The van der Waals surface area contributed by atoms with Crippen molar-refractivity contribution in [3.05, 3.63) is 29.8 Å². The highest BCUT2D eigenvalue weighted by atomic mass is 16.5. The van der Waals surface area contributed by atoms with Crippen molar-refractivity contribution in [2.75, 3.05) is 53.6 Å². The van der Waals surface area contributed by atoms with Crippen molar-refractivity contribution in [3.63, 3.8) is 0 Å². The molecule has 1 aromatic carbocycles. The van der Waals surface area contributed by atoms with Crippen molar-refractivity contribution in [1.29, 1.82) is 0 Å². The zero-order valence-corrected chi connectivity index (χ0v) is 17.2. The lowest BCUT2D eigenvalue weighted by Crippen LogP contribution is -2.53.